The number of nitrogens with one attached hydrogen (secondary N) is 1. The summed E-state index contributed by atoms with van der Waals surface area (Å²) in [5.41, 5.74) is 0.938. The molecular weight excluding hydrogens is 290 g/mol. The van der Waals surface area contributed by atoms with E-state index in [9.17, 15) is 8.42 Å². The third-order valence-electron chi connectivity index (χ3n) is 4.18. The highest BCUT2D eigenvalue weighted by atomic mass is 32.2. The van der Waals surface area contributed by atoms with Crippen LogP contribution in [0.4, 0.5) is 0 Å². The van der Waals surface area contributed by atoms with Crippen molar-refractivity contribution in [1.82, 2.24) is 4.72 Å². The van der Waals surface area contributed by atoms with Crippen molar-refractivity contribution in [3.63, 3.8) is 0 Å². The van der Waals surface area contributed by atoms with Crippen LogP contribution in [0.2, 0.25) is 0 Å². The van der Waals surface area contributed by atoms with Gasteiger partial charge in [0.25, 0.3) is 0 Å². The molecule has 21 heavy (non-hydrogen) atoms. The van der Waals surface area contributed by atoms with Crippen molar-refractivity contribution in [3.05, 3.63) is 29.8 Å². The number of hydrogen-bond acceptors (Lipinski definition) is 4. The third kappa shape index (κ3) is 3.29. The first-order valence-electron chi connectivity index (χ1n) is 7.36. The van der Waals surface area contributed by atoms with E-state index >= 15 is 0 Å². The highest BCUT2D eigenvalue weighted by Gasteiger charge is 2.41. The van der Waals surface area contributed by atoms with Crippen LogP contribution in [0.3, 0.4) is 0 Å². The van der Waals surface area contributed by atoms with E-state index in [1.54, 1.807) is 18.2 Å². The molecule has 6 heteroatoms. The van der Waals surface area contributed by atoms with Crippen LogP contribution in [0.15, 0.2) is 29.2 Å². The predicted octanol–water partition coefficient (Wildman–Crippen LogP) is 1.96. The number of benzene rings is 1. The monoisotopic (exact) mass is 311 g/mol. The summed E-state index contributed by atoms with van der Waals surface area (Å²) >= 11 is 0. The van der Waals surface area contributed by atoms with E-state index in [4.69, 9.17) is 9.47 Å². The number of hydrogen-bond donors (Lipinski definition) is 1. The molecule has 1 N–H and O–H groups in total. The summed E-state index contributed by atoms with van der Waals surface area (Å²) in [5.74, 6) is -0.453. The van der Waals surface area contributed by atoms with E-state index in [1.165, 1.54) is 0 Å². The number of ether oxygens (including phenoxy) is 2. The van der Waals surface area contributed by atoms with Gasteiger partial charge in [0, 0.05) is 18.9 Å². The summed E-state index contributed by atoms with van der Waals surface area (Å²) in [7, 11) is -3.45. The van der Waals surface area contributed by atoms with E-state index in [2.05, 4.69) is 4.72 Å². The van der Waals surface area contributed by atoms with Crippen molar-refractivity contribution in [1.29, 1.82) is 0 Å². The van der Waals surface area contributed by atoms with Gasteiger partial charge in [-0.05, 0) is 37.5 Å². The van der Waals surface area contributed by atoms with Crippen LogP contribution in [0.25, 0.3) is 0 Å². The lowest BCUT2D eigenvalue weighted by molar-refractivity contribution is -0.178. The molecule has 1 spiro atoms. The molecule has 1 saturated carbocycles. The molecule has 1 heterocycles. The zero-order valence-electron chi connectivity index (χ0n) is 12.2. The molecule has 0 radical (unpaired) electrons. The summed E-state index contributed by atoms with van der Waals surface area (Å²) in [6, 6.07) is 6.92. The average molecular weight is 311 g/mol. The largest absolute Gasteiger partial charge is 0.348 e. The minimum Gasteiger partial charge on any atom is -0.348 e. The smallest absolute Gasteiger partial charge is 0.240 e. The molecule has 2 fully saturated rings. The molecule has 0 aromatic heterocycles. The van der Waals surface area contributed by atoms with E-state index in [1.807, 2.05) is 13.0 Å². The van der Waals surface area contributed by atoms with Crippen molar-refractivity contribution in [2.45, 2.75) is 49.3 Å². The molecule has 3 rings (SSSR count). The zero-order chi connectivity index (χ0) is 14.9. The fraction of sp³-hybridized carbons (Fsp3) is 0.600. The molecule has 0 bridgehead atoms. The summed E-state index contributed by atoms with van der Waals surface area (Å²) in [6.45, 7) is 3.16. The topological polar surface area (TPSA) is 64.6 Å². The second-order valence-electron chi connectivity index (χ2n) is 5.82. The summed E-state index contributed by atoms with van der Waals surface area (Å²) in [6.07, 6.45) is 2.97. The Kier molecular flexibility index (Phi) is 4.05. The minimum atomic E-state index is -3.45. The standard InChI is InChI=1S/C15H21NO4S/c1-12-3-2-4-14(11-12)21(17,18)16-13-5-7-15(8-6-13)19-9-10-20-15/h2-4,11,13,16H,5-10H2,1H3. The minimum absolute atomic E-state index is 0.0473. The molecule has 0 atom stereocenters. The van der Waals surface area contributed by atoms with Gasteiger partial charge in [-0.15, -0.1) is 0 Å². The Morgan fingerprint density at radius 1 is 1.19 bits per heavy atom. The first-order valence-corrected chi connectivity index (χ1v) is 8.84. The molecule has 116 valence electrons. The quantitative estimate of drug-likeness (QED) is 0.927. The van der Waals surface area contributed by atoms with E-state index in [-0.39, 0.29) is 6.04 Å². The van der Waals surface area contributed by atoms with Gasteiger partial charge in [-0.2, -0.15) is 0 Å². The normalized spacial score (nSPS) is 22.7. The Labute approximate surface area is 125 Å². The first kappa shape index (κ1) is 15.0. The Morgan fingerprint density at radius 2 is 1.86 bits per heavy atom. The van der Waals surface area contributed by atoms with Crippen LogP contribution >= 0.6 is 0 Å². The van der Waals surface area contributed by atoms with Gasteiger partial charge in [-0.3, -0.25) is 0 Å². The fourth-order valence-electron chi connectivity index (χ4n) is 3.03. The van der Waals surface area contributed by atoms with Crippen molar-refractivity contribution in [2.75, 3.05) is 13.2 Å². The van der Waals surface area contributed by atoms with E-state index in [0.29, 0.717) is 18.1 Å². The van der Waals surface area contributed by atoms with Crippen molar-refractivity contribution in [3.8, 4) is 0 Å². The van der Waals surface area contributed by atoms with Crippen LogP contribution in [0.1, 0.15) is 31.2 Å². The highest BCUT2D eigenvalue weighted by Crippen LogP contribution is 2.36. The maximum atomic E-state index is 12.4. The summed E-state index contributed by atoms with van der Waals surface area (Å²) in [4.78, 5) is 0.330. The van der Waals surface area contributed by atoms with Crippen LogP contribution in [-0.4, -0.2) is 33.5 Å². The van der Waals surface area contributed by atoms with Crippen molar-refractivity contribution < 1.29 is 17.9 Å². The van der Waals surface area contributed by atoms with Crippen molar-refractivity contribution >= 4 is 10.0 Å². The SMILES string of the molecule is Cc1cccc(S(=O)(=O)NC2CCC3(CC2)OCCO3)c1. The second-order valence-corrected chi connectivity index (χ2v) is 7.53. The van der Waals surface area contributed by atoms with E-state index < -0.39 is 15.8 Å². The third-order valence-corrected chi connectivity index (χ3v) is 5.70. The maximum absolute atomic E-state index is 12.4. The predicted molar refractivity (Wildman–Crippen MR) is 78.4 cm³/mol. The molecule has 1 aliphatic carbocycles. The lowest BCUT2D eigenvalue weighted by Gasteiger charge is -2.35. The van der Waals surface area contributed by atoms with Crippen LogP contribution < -0.4 is 4.72 Å². The molecule has 2 aliphatic rings. The van der Waals surface area contributed by atoms with Crippen LogP contribution in [0, 0.1) is 6.92 Å². The molecule has 5 nitrogen and oxygen atoms in total. The Bertz CT molecular complexity index is 598. The number of aryl methyl sites for hydroxylation is 1. The summed E-state index contributed by atoms with van der Waals surface area (Å²) < 4.78 is 38.9. The number of sulfonamides is 1. The molecule has 1 aromatic rings. The van der Waals surface area contributed by atoms with Gasteiger partial charge in [0.05, 0.1) is 18.1 Å². The molecule has 0 amide bonds. The second kappa shape index (κ2) is 5.68. The highest BCUT2D eigenvalue weighted by molar-refractivity contribution is 7.89. The van der Waals surface area contributed by atoms with Gasteiger partial charge < -0.3 is 9.47 Å². The fourth-order valence-corrected chi connectivity index (χ4v) is 4.44. The van der Waals surface area contributed by atoms with Gasteiger partial charge >= 0.3 is 0 Å². The van der Waals surface area contributed by atoms with E-state index in [0.717, 1.165) is 31.2 Å². The Hall–Kier alpha value is -0.950. The van der Waals surface area contributed by atoms with Crippen LogP contribution in [0.5, 0.6) is 0 Å². The number of rotatable bonds is 3. The first-order chi connectivity index (χ1) is 9.99. The lowest BCUT2D eigenvalue weighted by Crippen LogP contribution is -2.43. The van der Waals surface area contributed by atoms with Gasteiger partial charge in [0.2, 0.25) is 10.0 Å². The van der Waals surface area contributed by atoms with Crippen molar-refractivity contribution in [2.24, 2.45) is 0 Å². The van der Waals surface area contributed by atoms with Gasteiger partial charge in [-0.25, -0.2) is 13.1 Å². The molecule has 1 saturated heterocycles. The lowest BCUT2D eigenvalue weighted by atomic mass is 9.91. The Morgan fingerprint density at radius 3 is 2.48 bits per heavy atom. The van der Waals surface area contributed by atoms with Gasteiger partial charge in [0.1, 0.15) is 0 Å². The van der Waals surface area contributed by atoms with Crippen LogP contribution in [-0.2, 0) is 19.5 Å². The zero-order valence-corrected chi connectivity index (χ0v) is 13.0. The molecule has 1 aliphatic heterocycles. The maximum Gasteiger partial charge on any atom is 0.240 e. The molecule has 1 aromatic carbocycles. The molecular formula is C15H21NO4S. The summed E-state index contributed by atoms with van der Waals surface area (Å²) in [5, 5.41) is 0. The van der Waals surface area contributed by atoms with Gasteiger partial charge in [-0.1, -0.05) is 12.1 Å². The average Bonchev–Trinajstić information content (AvgIpc) is 2.90. The molecule has 0 unspecified atom stereocenters. The Balaban J connectivity index is 1.64. The van der Waals surface area contributed by atoms with Gasteiger partial charge in [0.15, 0.2) is 5.79 Å².